The minimum absolute atomic E-state index is 0.0289. The van der Waals surface area contributed by atoms with E-state index in [4.69, 9.17) is 9.47 Å². The number of hydrogen-bond acceptors (Lipinski definition) is 7. The molecular formula is C25H42O7S. The standard InChI is InChI=1S/C25H42O7S/c1-3-4-7-12-20(26)16-17-21-22(32-25-15-10-11-18-31-25)19-33(28,29)23(21)13-8-5-6-9-14-24(27)30-2/h16-17,21-23,25H,3-15,18-19H2,1-2H3/b17-16+. The molecule has 2 aliphatic rings. The molecule has 7 nitrogen and oxygen atoms in total. The molecule has 0 aromatic rings. The van der Waals surface area contributed by atoms with Crippen molar-refractivity contribution in [1.82, 2.24) is 0 Å². The van der Waals surface area contributed by atoms with E-state index in [1.165, 1.54) is 7.11 Å². The van der Waals surface area contributed by atoms with Crippen molar-refractivity contribution in [1.29, 1.82) is 0 Å². The first-order valence-corrected chi connectivity index (χ1v) is 14.4. The van der Waals surface area contributed by atoms with E-state index in [2.05, 4.69) is 11.7 Å². The lowest BCUT2D eigenvalue weighted by molar-refractivity contribution is -0.188. The zero-order chi connectivity index (χ0) is 24.1. The normalized spacial score (nSPS) is 27.1. The average molecular weight is 487 g/mol. The van der Waals surface area contributed by atoms with Gasteiger partial charge >= 0.3 is 5.97 Å². The predicted molar refractivity (Wildman–Crippen MR) is 128 cm³/mol. The van der Waals surface area contributed by atoms with Crippen LogP contribution >= 0.6 is 0 Å². The van der Waals surface area contributed by atoms with Gasteiger partial charge in [-0.15, -0.1) is 0 Å². The Hall–Kier alpha value is -1.25. The number of hydrogen-bond donors (Lipinski definition) is 0. The summed E-state index contributed by atoms with van der Waals surface area (Å²) >= 11 is 0. The second-order valence-corrected chi connectivity index (χ2v) is 11.5. The van der Waals surface area contributed by atoms with Crippen LogP contribution in [0.4, 0.5) is 0 Å². The highest BCUT2D eigenvalue weighted by Crippen LogP contribution is 2.36. The Kier molecular flexibility index (Phi) is 12.6. The summed E-state index contributed by atoms with van der Waals surface area (Å²) in [5.41, 5.74) is 0. The van der Waals surface area contributed by atoms with Crippen LogP contribution in [0.15, 0.2) is 12.2 Å². The second-order valence-electron chi connectivity index (χ2n) is 9.23. The van der Waals surface area contributed by atoms with Crippen molar-refractivity contribution in [3.8, 4) is 0 Å². The molecule has 2 rings (SSSR count). The maximum Gasteiger partial charge on any atom is 0.305 e. The van der Waals surface area contributed by atoms with Crippen LogP contribution in [0, 0.1) is 5.92 Å². The van der Waals surface area contributed by atoms with Crippen molar-refractivity contribution in [2.45, 2.75) is 108 Å². The molecule has 0 radical (unpaired) electrons. The van der Waals surface area contributed by atoms with E-state index in [0.29, 0.717) is 25.9 Å². The van der Waals surface area contributed by atoms with Crippen molar-refractivity contribution >= 4 is 21.6 Å². The molecule has 0 aliphatic carbocycles. The molecular weight excluding hydrogens is 444 g/mol. The number of carbonyl (C=O) groups excluding carboxylic acids is 2. The number of allylic oxidation sites excluding steroid dienone is 1. The minimum Gasteiger partial charge on any atom is -0.469 e. The molecule has 8 heteroatoms. The number of esters is 1. The van der Waals surface area contributed by atoms with Gasteiger partial charge in [0.2, 0.25) is 0 Å². The zero-order valence-electron chi connectivity index (χ0n) is 20.3. The number of ketones is 1. The fourth-order valence-electron chi connectivity index (χ4n) is 4.63. The lowest BCUT2D eigenvalue weighted by Crippen LogP contribution is -2.33. The molecule has 0 saturated carbocycles. The van der Waals surface area contributed by atoms with Gasteiger partial charge in [-0.25, -0.2) is 8.42 Å². The molecule has 0 spiro atoms. The third kappa shape index (κ3) is 9.87. The molecule has 0 amide bonds. The maximum absolute atomic E-state index is 13.0. The Morgan fingerprint density at radius 1 is 1.03 bits per heavy atom. The molecule has 4 atom stereocenters. The van der Waals surface area contributed by atoms with Gasteiger partial charge in [0.25, 0.3) is 0 Å². The average Bonchev–Trinajstić information content (AvgIpc) is 3.03. The van der Waals surface area contributed by atoms with Gasteiger partial charge in [0.15, 0.2) is 21.9 Å². The van der Waals surface area contributed by atoms with Gasteiger partial charge in [-0.2, -0.15) is 0 Å². The highest BCUT2D eigenvalue weighted by atomic mass is 32.2. The second kappa shape index (κ2) is 14.9. The SMILES string of the molecule is CCCCCC(=O)/C=C/C1C(OC2CCCCO2)CS(=O)(=O)C1CCCCCCC(=O)OC. The van der Waals surface area contributed by atoms with Crippen LogP contribution in [0.1, 0.15) is 90.4 Å². The summed E-state index contributed by atoms with van der Waals surface area (Å²) in [7, 11) is -1.95. The van der Waals surface area contributed by atoms with E-state index in [1.807, 2.05) is 0 Å². The summed E-state index contributed by atoms with van der Waals surface area (Å²) in [6.07, 6.45) is 12.8. The van der Waals surface area contributed by atoms with E-state index in [1.54, 1.807) is 12.2 Å². The number of carbonyl (C=O) groups is 2. The van der Waals surface area contributed by atoms with Crippen molar-refractivity contribution < 1.29 is 32.2 Å². The number of unbranched alkanes of at least 4 members (excludes halogenated alkanes) is 5. The quantitative estimate of drug-likeness (QED) is 0.191. The van der Waals surface area contributed by atoms with E-state index in [0.717, 1.165) is 64.2 Å². The van der Waals surface area contributed by atoms with Crippen molar-refractivity contribution in [2.24, 2.45) is 5.92 Å². The summed E-state index contributed by atoms with van der Waals surface area (Å²) < 4.78 is 42.5. The summed E-state index contributed by atoms with van der Waals surface area (Å²) in [6, 6.07) is 0. The van der Waals surface area contributed by atoms with Crippen molar-refractivity contribution in [3.63, 3.8) is 0 Å². The third-order valence-electron chi connectivity index (χ3n) is 6.56. The molecule has 0 aromatic heterocycles. The van der Waals surface area contributed by atoms with Crippen LogP contribution in [0.3, 0.4) is 0 Å². The van der Waals surface area contributed by atoms with Gasteiger partial charge in [-0.1, -0.05) is 45.1 Å². The van der Waals surface area contributed by atoms with Gasteiger partial charge in [0, 0.05) is 25.4 Å². The maximum atomic E-state index is 13.0. The third-order valence-corrected chi connectivity index (χ3v) is 8.82. The molecule has 33 heavy (non-hydrogen) atoms. The Labute approximate surface area is 199 Å². The lowest BCUT2D eigenvalue weighted by Gasteiger charge is -2.28. The molecule has 2 fully saturated rings. The highest BCUT2D eigenvalue weighted by Gasteiger charge is 2.47. The fourth-order valence-corrected chi connectivity index (χ4v) is 6.90. The van der Waals surface area contributed by atoms with Gasteiger partial charge in [-0.3, -0.25) is 9.59 Å². The lowest BCUT2D eigenvalue weighted by atomic mass is 9.94. The number of rotatable bonds is 15. The van der Waals surface area contributed by atoms with E-state index >= 15 is 0 Å². The van der Waals surface area contributed by atoms with E-state index < -0.39 is 21.2 Å². The first-order valence-electron chi connectivity index (χ1n) is 12.6. The van der Waals surface area contributed by atoms with E-state index in [9.17, 15) is 18.0 Å². The molecule has 0 N–H and O–H groups in total. The fraction of sp³-hybridized carbons (Fsp3) is 0.840. The Bertz CT molecular complexity index is 725. The van der Waals surface area contributed by atoms with Gasteiger partial charge < -0.3 is 14.2 Å². The van der Waals surface area contributed by atoms with Crippen LogP contribution < -0.4 is 0 Å². The molecule has 0 aromatic carbocycles. The largest absolute Gasteiger partial charge is 0.469 e. The summed E-state index contributed by atoms with van der Waals surface area (Å²) in [6.45, 7) is 2.73. The van der Waals surface area contributed by atoms with Gasteiger partial charge in [-0.05, 0) is 44.6 Å². The molecule has 0 bridgehead atoms. The van der Waals surface area contributed by atoms with Crippen LogP contribution in [0.25, 0.3) is 0 Å². The molecule has 2 saturated heterocycles. The van der Waals surface area contributed by atoms with E-state index in [-0.39, 0.29) is 29.7 Å². The Morgan fingerprint density at radius 3 is 2.48 bits per heavy atom. The number of sulfone groups is 1. The molecule has 190 valence electrons. The zero-order valence-corrected chi connectivity index (χ0v) is 21.2. The Balaban J connectivity index is 1.99. The topological polar surface area (TPSA) is 96.0 Å². The van der Waals surface area contributed by atoms with Crippen LogP contribution in [-0.2, 0) is 33.6 Å². The monoisotopic (exact) mass is 486 g/mol. The van der Waals surface area contributed by atoms with Gasteiger partial charge in [0.1, 0.15) is 0 Å². The van der Waals surface area contributed by atoms with Crippen LogP contribution in [0.5, 0.6) is 0 Å². The smallest absolute Gasteiger partial charge is 0.305 e. The summed E-state index contributed by atoms with van der Waals surface area (Å²) in [4.78, 5) is 23.5. The first kappa shape index (κ1) is 28.0. The summed E-state index contributed by atoms with van der Waals surface area (Å²) in [5.74, 6) is -0.543. The number of ether oxygens (including phenoxy) is 3. The molecule has 2 aliphatic heterocycles. The molecule has 4 unspecified atom stereocenters. The Morgan fingerprint density at radius 2 is 1.79 bits per heavy atom. The minimum atomic E-state index is -3.33. The predicted octanol–water partition coefficient (Wildman–Crippen LogP) is 4.53. The van der Waals surface area contributed by atoms with Gasteiger partial charge in [0.05, 0.1) is 24.2 Å². The van der Waals surface area contributed by atoms with Crippen molar-refractivity contribution in [3.05, 3.63) is 12.2 Å². The molecule has 2 heterocycles. The van der Waals surface area contributed by atoms with Crippen molar-refractivity contribution in [2.75, 3.05) is 19.5 Å². The van der Waals surface area contributed by atoms with Crippen LogP contribution in [-0.4, -0.2) is 57.3 Å². The number of methoxy groups -OCH3 is 1. The summed E-state index contributed by atoms with van der Waals surface area (Å²) in [5, 5.41) is -0.550. The highest BCUT2D eigenvalue weighted by molar-refractivity contribution is 7.92. The first-order chi connectivity index (χ1) is 15.9. The van der Waals surface area contributed by atoms with Crippen LogP contribution in [0.2, 0.25) is 0 Å².